The van der Waals surface area contributed by atoms with Crippen molar-refractivity contribution in [1.29, 1.82) is 0 Å². The number of nitrogens with two attached hydrogens (primary N) is 1. The Morgan fingerprint density at radius 1 is 1.53 bits per heavy atom. The van der Waals surface area contributed by atoms with Gasteiger partial charge in [0.15, 0.2) is 5.78 Å². The van der Waals surface area contributed by atoms with Gasteiger partial charge in [-0.25, -0.2) is 0 Å². The van der Waals surface area contributed by atoms with Crippen molar-refractivity contribution in [3.63, 3.8) is 0 Å². The fourth-order valence-electron chi connectivity index (χ4n) is 1.39. The van der Waals surface area contributed by atoms with Crippen LogP contribution in [0.3, 0.4) is 0 Å². The molecule has 0 aliphatic heterocycles. The van der Waals surface area contributed by atoms with Crippen LogP contribution in [0.1, 0.15) is 28.4 Å². The van der Waals surface area contributed by atoms with Crippen LogP contribution in [0.2, 0.25) is 0 Å². The number of aromatic hydroxyl groups is 1. The van der Waals surface area contributed by atoms with Gasteiger partial charge in [-0.05, 0) is 38.0 Å². The zero-order valence-electron chi connectivity index (χ0n) is 8.97. The van der Waals surface area contributed by atoms with Crippen LogP contribution >= 0.6 is 15.9 Å². The van der Waals surface area contributed by atoms with E-state index in [1.165, 1.54) is 0 Å². The van der Waals surface area contributed by atoms with Crippen molar-refractivity contribution >= 4 is 21.7 Å². The summed E-state index contributed by atoms with van der Waals surface area (Å²) in [6.07, 6.45) is 0. The number of phenolic OH excluding ortho intramolecular Hbond substituents is 1. The van der Waals surface area contributed by atoms with Gasteiger partial charge in [0.1, 0.15) is 5.75 Å². The Morgan fingerprint density at radius 3 is 2.53 bits per heavy atom. The maximum absolute atomic E-state index is 11.8. The summed E-state index contributed by atoms with van der Waals surface area (Å²) >= 11 is 3.34. The van der Waals surface area contributed by atoms with Crippen molar-refractivity contribution in [3.8, 4) is 5.75 Å². The first-order valence-corrected chi connectivity index (χ1v) is 5.44. The molecule has 82 valence electrons. The minimum Gasteiger partial charge on any atom is -0.507 e. The molecule has 1 atom stereocenters. The quantitative estimate of drug-likeness (QED) is 0.812. The number of hydrogen-bond acceptors (Lipinski definition) is 3. The second-order valence-electron chi connectivity index (χ2n) is 3.68. The zero-order valence-corrected chi connectivity index (χ0v) is 10.6. The third-order valence-electron chi connectivity index (χ3n) is 2.35. The van der Waals surface area contributed by atoms with E-state index in [1.807, 2.05) is 0 Å². The molecule has 1 rings (SSSR count). The maximum atomic E-state index is 11.8. The van der Waals surface area contributed by atoms with Crippen molar-refractivity contribution in [2.45, 2.75) is 26.8 Å². The molecule has 0 aliphatic rings. The predicted molar refractivity (Wildman–Crippen MR) is 63.3 cm³/mol. The van der Waals surface area contributed by atoms with Crippen molar-refractivity contribution in [2.24, 2.45) is 5.73 Å². The number of carbonyl (C=O) groups is 1. The minimum absolute atomic E-state index is 0.0259. The third-order valence-corrected chi connectivity index (χ3v) is 3.17. The number of rotatable bonds is 2. The molecule has 1 aromatic carbocycles. The average molecular weight is 272 g/mol. The second kappa shape index (κ2) is 4.33. The van der Waals surface area contributed by atoms with Crippen LogP contribution in [0.4, 0.5) is 0 Å². The van der Waals surface area contributed by atoms with Crippen molar-refractivity contribution < 1.29 is 9.90 Å². The van der Waals surface area contributed by atoms with E-state index >= 15 is 0 Å². The molecule has 0 bridgehead atoms. The normalized spacial score (nSPS) is 12.6. The molecule has 1 unspecified atom stereocenters. The van der Waals surface area contributed by atoms with Crippen LogP contribution in [0, 0.1) is 13.8 Å². The van der Waals surface area contributed by atoms with Gasteiger partial charge < -0.3 is 10.8 Å². The number of carbonyl (C=O) groups excluding carboxylic acids is 1. The Bertz CT molecular complexity index is 387. The lowest BCUT2D eigenvalue weighted by Crippen LogP contribution is -2.27. The predicted octanol–water partition coefficient (Wildman–Crippen LogP) is 2.30. The van der Waals surface area contributed by atoms with E-state index < -0.39 is 6.04 Å². The molecule has 1 aromatic rings. The molecular weight excluding hydrogens is 258 g/mol. The first-order chi connectivity index (χ1) is 6.86. The molecule has 0 aromatic heterocycles. The number of phenols is 1. The van der Waals surface area contributed by atoms with E-state index in [-0.39, 0.29) is 11.5 Å². The summed E-state index contributed by atoms with van der Waals surface area (Å²) in [5.41, 5.74) is 7.23. The Labute approximate surface area is 97.4 Å². The number of Topliss-reactive ketones (excluding diaryl/α,β-unsaturated/α-hetero) is 1. The van der Waals surface area contributed by atoms with Gasteiger partial charge in [-0.15, -0.1) is 0 Å². The fourth-order valence-corrected chi connectivity index (χ4v) is 1.93. The Morgan fingerprint density at radius 2 is 2.07 bits per heavy atom. The Hall–Kier alpha value is -0.870. The molecule has 0 amide bonds. The highest BCUT2D eigenvalue weighted by Gasteiger charge is 2.20. The summed E-state index contributed by atoms with van der Waals surface area (Å²) in [6.45, 7) is 5.13. The van der Waals surface area contributed by atoms with E-state index in [4.69, 9.17) is 5.73 Å². The Balaban J connectivity index is 3.46. The van der Waals surface area contributed by atoms with Gasteiger partial charge in [0.25, 0.3) is 0 Å². The second-order valence-corrected chi connectivity index (χ2v) is 4.53. The first-order valence-electron chi connectivity index (χ1n) is 4.64. The average Bonchev–Trinajstić information content (AvgIpc) is 2.15. The molecule has 0 aliphatic carbocycles. The number of benzene rings is 1. The topological polar surface area (TPSA) is 63.3 Å². The van der Waals surface area contributed by atoms with Gasteiger partial charge in [-0.2, -0.15) is 0 Å². The van der Waals surface area contributed by atoms with Gasteiger partial charge in [-0.3, -0.25) is 4.79 Å². The van der Waals surface area contributed by atoms with E-state index in [9.17, 15) is 9.90 Å². The maximum Gasteiger partial charge on any atom is 0.183 e. The van der Waals surface area contributed by atoms with E-state index in [1.54, 1.807) is 26.8 Å². The number of halogens is 1. The number of ketones is 1. The van der Waals surface area contributed by atoms with Crippen LogP contribution in [-0.2, 0) is 0 Å². The molecule has 3 nitrogen and oxygen atoms in total. The lowest BCUT2D eigenvalue weighted by atomic mass is 9.97. The lowest BCUT2D eigenvalue weighted by molar-refractivity contribution is 0.0964. The van der Waals surface area contributed by atoms with Crippen molar-refractivity contribution in [2.75, 3.05) is 0 Å². The first kappa shape index (κ1) is 12.2. The zero-order chi connectivity index (χ0) is 11.7. The summed E-state index contributed by atoms with van der Waals surface area (Å²) in [6, 6.07) is 1.17. The Kier molecular flexibility index (Phi) is 3.52. The monoisotopic (exact) mass is 271 g/mol. The summed E-state index contributed by atoms with van der Waals surface area (Å²) in [4.78, 5) is 11.8. The van der Waals surface area contributed by atoms with Crippen LogP contribution in [0.5, 0.6) is 5.75 Å². The van der Waals surface area contributed by atoms with Crippen molar-refractivity contribution in [3.05, 3.63) is 27.2 Å². The van der Waals surface area contributed by atoms with Gasteiger partial charge in [0.2, 0.25) is 0 Å². The molecule has 4 heteroatoms. The van der Waals surface area contributed by atoms with Crippen LogP contribution in [0.25, 0.3) is 0 Å². The van der Waals surface area contributed by atoms with Gasteiger partial charge >= 0.3 is 0 Å². The minimum atomic E-state index is -0.608. The van der Waals surface area contributed by atoms with Gasteiger partial charge in [0, 0.05) is 4.47 Å². The highest BCUT2D eigenvalue weighted by Crippen LogP contribution is 2.31. The largest absolute Gasteiger partial charge is 0.507 e. The van der Waals surface area contributed by atoms with Crippen LogP contribution in [-0.4, -0.2) is 16.9 Å². The SMILES string of the molecule is Cc1cc(Br)c(C)c(C(=O)C(C)N)c1O. The highest BCUT2D eigenvalue weighted by molar-refractivity contribution is 9.10. The smallest absolute Gasteiger partial charge is 0.183 e. The summed E-state index contributed by atoms with van der Waals surface area (Å²) in [5.74, 6) is -0.215. The third kappa shape index (κ3) is 2.21. The van der Waals surface area contributed by atoms with Crippen molar-refractivity contribution in [1.82, 2.24) is 0 Å². The van der Waals surface area contributed by atoms with Crippen LogP contribution < -0.4 is 5.73 Å². The molecule has 0 fully saturated rings. The standard InChI is InChI=1S/C11H14BrNO2/c1-5-4-8(12)6(2)9(10(5)14)11(15)7(3)13/h4,7,14H,13H2,1-3H3. The lowest BCUT2D eigenvalue weighted by Gasteiger charge is -2.13. The van der Waals surface area contributed by atoms with E-state index in [0.717, 1.165) is 10.0 Å². The molecule has 3 N–H and O–H groups in total. The van der Waals surface area contributed by atoms with Gasteiger partial charge in [0.05, 0.1) is 11.6 Å². The number of aryl methyl sites for hydroxylation is 1. The molecular formula is C11H14BrNO2. The summed E-state index contributed by atoms with van der Waals surface area (Å²) in [5, 5.41) is 9.82. The molecule has 0 heterocycles. The van der Waals surface area contributed by atoms with Gasteiger partial charge in [-0.1, -0.05) is 15.9 Å². The van der Waals surface area contributed by atoms with Crippen LogP contribution in [0.15, 0.2) is 10.5 Å². The molecule has 0 saturated heterocycles. The molecule has 0 radical (unpaired) electrons. The highest BCUT2D eigenvalue weighted by atomic mass is 79.9. The fraction of sp³-hybridized carbons (Fsp3) is 0.364. The summed E-state index contributed by atoms with van der Waals surface area (Å²) < 4.78 is 0.807. The molecule has 0 saturated carbocycles. The number of hydrogen-bond donors (Lipinski definition) is 2. The molecule has 0 spiro atoms. The van der Waals surface area contributed by atoms with E-state index in [0.29, 0.717) is 11.1 Å². The van der Waals surface area contributed by atoms with E-state index in [2.05, 4.69) is 15.9 Å². The molecule has 15 heavy (non-hydrogen) atoms. The summed E-state index contributed by atoms with van der Waals surface area (Å²) in [7, 11) is 0.